The molecule has 2 fully saturated rings. The zero-order chi connectivity index (χ0) is 19.2. The molecule has 1 aromatic heterocycles. The van der Waals surface area contributed by atoms with Gasteiger partial charge in [0.25, 0.3) is 0 Å². The van der Waals surface area contributed by atoms with Gasteiger partial charge in [-0.3, -0.25) is 4.79 Å². The third-order valence-electron chi connectivity index (χ3n) is 5.28. The smallest absolute Gasteiger partial charge is 0.238 e. The van der Waals surface area contributed by atoms with Gasteiger partial charge in [-0.15, -0.1) is 6.42 Å². The van der Waals surface area contributed by atoms with Crippen LogP contribution in [0.25, 0.3) is 0 Å². The summed E-state index contributed by atoms with van der Waals surface area (Å²) in [6, 6.07) is 9.37. The fourth-order valence-electron chi connectivity index (χ4n) is 3.83. The molecule has 7 nitrogen and oxygen atoms in total. The Bertz CT molecular complexity index is 767. The number of nitriles is 2. The standard InChI is InChI=1S/C20H22N6O/c1-2-16-6-7-17(12-22)26(16)20(27)13-24-18-8-10-25(14-15(18)11-21)19-5-3-4-9-23-19/h1,3-5,9,15-18,24H,6-8,10,13-14H2/t15?,16-,17-,18?/m0/s1. The van der Waals surface area contributed by atoms with Gasteiger partial charge in [-0.2, -0.15) is 10.5 Å². The van der Waals surface area contributed by atoms with Crippen molar-refractivity contribution in [2.45, 2.75) is 37.4 Å². The lowest BCUT2D eigenvalue weighted by Gasteiger charge is -2.36. The molecule has 0 radical (unpaired) electrons. The minimum atomic E-state index is -0.460. The van der Waals surface area contributed by atoms with Crippen LogP contribution in [0, 0.1) is 40.9 Å². The van der Waals surface area contributed by atoms with Crippen molar-refractivity contribution in [2.24, 2.45) is 5.92 Å². The number of nitrogens with zero attached hydrogens (tertiary/aromatic N) is 5. The second kappa shape index (κ2) is 8.54. The van der Waals surface area contributed by atoms with Gasteiger partial charge in [0.15, 0.2) is 0 Å². The zero-order valence-corrected chi connectivity index (χ0v) is 15.1. The van der Waals surface area contributed by atoms with Crippen molar-refractivity contribution in [3.8, 4) is 24.5 Å². The lowest BCUT2D eigenvalue weighted by atomic mass is 9.93. The molecule has 0 aromatic carbocycles. The molecule has 3 heterocycles. The quantitative estimate of drug-likeness (QED) is 0.800. The topological polar surface area (TPSA) is 96.1 Å². The van der Waals surface area contributed by atoms with E-state index in [1.54, 1.807) is 6.20 Å². The van der Waals surface area contributed by atoms with Gasteiger partial charge in [0.1, 0.15) is 11.9 Å². The number of hydrogen-bond donors (Lipinski definition) is 1. The highest BCUT2D eigenvalue weighted by Gasteiger charge is 2.37. The Morgan fingerprint density at radius 3 is 2.74 bits per heavy atom. The predicted octanol–water partition coefficient (Wildman–Crippen LogP) is 0.906. The lowest BCUT2D eigenvalue weighted by molar-refractivity contribution is -0.131. The molecule has 138 valence electrons. The largest absolute Gasteiger partial charge is 0.355 e. The minimum Gasteiger partial charge on any atom is -0.355 e. The molecule has 2 aliphatic rings. The summed E-state index contributed by atoms with van der Waals surface area (Å²) in [6.45, 7) is 1.41. The normalized spacial score (nSPS) is 27.4. The number of likely N-dealkylation sites (tertiary alicyclic amines) is 1. The van der Waals surface area contributed by atoms with Crippen LogP contribution in [0.2, 0.25) is 0 Å². The van der Waals surface area contributed by atoms with Crippen LogP contribution < -0.4 is 10.2 Å². The average molecular weight is 362 g/mol. The highest BCUT2D eigenvalue weighted by molar-refractivity contribution is 5.80. The van der Waals surface area contributed by atoms with Crippen LogP contribution in [0.3, 0.4) is 0 Å². The Morgan fingerprint density at radius 1 is 1.26 bits per heavy atom. The number of pyridine rings is 1. The fraction of sp³-hybridized carbons (Fsp3) is 0.500. The Kier molecular flexibility index (Phi) is 5.91. The van der Waals surface area contributed by atoms with Crippen LogP contribution in [-0.2, 0) is 4.79 Å². The summed E-state index contributed by atoms with van der Waals surface area (Å²) in [4.78, 5) is 20.6. The first-order valence-corrected chi connectivity index (χ1v) is 9.13. The summed E-state index contributed by atoms with van der Waals surface area (Å²) in [7, 11) is 0. The second-order valence-corrected chi connectivity index (χ2v) is 6.85. The van der Waals surface area contributed by atoms with Gasteiger partial charge < -0.3 is 15.1 Å². The maximum atomic E-state index is 12.6. The Labute approximate surface area is 159 Å². The summed E-state index contributed by atoms with van der Waals surface area (Å²) in [5.41, 5.74) is 0. The number of hydrogen-bond acceptors (Lipinski definition) is 6. The summed E-state index contributed by atoms with van der Waals surface area (Å²) < 4.78 is 0. The van der Waals surface area contributed by atoms with Crippen LogP contribution in [0.1, 0.15) is 19.3 Å². The first-order valence-electron chi connectivity index (χ1n) is 9.13. The van der Waals surface area contributed by atoms with Crippen molar-refractivity contribution >= 4 is 11.7 Å². The molecule has 27 heavy (non-hydrogen) atoms. The number of aromatic nitrogens is 1. The van der Waals surface area contributed by atoms with Gasteiger partial charge in [0.2, 0.25) is 5.91 Å². The van der Waals surface area contributed by atoms with Crippen molar-refractivity contribution in [2.75, 3.05) is 24.5 Å². The van der Waals surface area contributed by atoms with E-state index in [1.165, 1.54) is 4.90 Å². The minimum absolute atomic E-state index is 0.0775. The van der Waals surface area contributed by atoms with Crippen LogP contribution in [0.15, 0.2) is 24.4 Å². The van der Waals surface area contributed by atoms with Crippen LogP contribution >= 0.6 is 0 Å². The van der Waals surface area contributed by atoms with Crippen LogP contribution in [-0.4, -0.2) is 53.6 Å². The van der Waals surface area contributed by atoms with Crippen molar-refractivity contribution in [1.82, 2.24) is 15.2 Å². The molecular weight excluding hydrogens is 340 g/mol. The molecule has 1 amide bonds. The predicted molar refractivity (Wildman–Crippen MR) is 100 cm³/mol. The van der Waals surface area contributed by atoms with E-state index in [-0.39, 0.29) is 30.5 Å². The van der Waals surface area contributed by atoms with E-state index in [0.29, 0.717) is 19.4 Å². The highest BCUT2D eigenvalue weighted by atomic mass is 16.2. The SMILES string of the molecule is C#C[C@H]1CC[C@@H](C#N)N1C(=O)CNC1CCN(c2ccccn2)CC1C#N. The molecule has 1 aromatic rings. The monoisotopic (exact) mass is 362 g/mol. The van der Waals surface area contributed by atoms with E-state index in [2.05, 4.69) is 33.3 Å². The number of carbonyl (C=O) groups excluding carboxylic acids is 1. The fourth-order valence-corrected chi connectivity index (χ4v) is 3.83. The maximum absolute atomic E-state index is 12.6. The lowest BCUT2D eigenvalue weighted by Crippen LogP contribution is -2.52. The Morgan fingerprint density at radius 2 is 2.07 bits per heavy atom. The highest BCUT2D eigenvalue weighted by Crippen LogP contribution is 2.24. The van der Waals surface area contributed by atoms with E-state index >= 15 is 0 Å². The zero-order valence-electron chi connectivity index (χ0n) is 15.1. The summed E-state index contributed by atoms with van der Waals surface area (Å²) >= 11 is 0. The Balaban J connectivity index is 1.58. The number of terminal acetylenes is 1. The van der Waals surface area contributed by atoms with Crippen molar-refractivity contribution in [3.05, 3.63) is 24.4 Å². The molecular formula is C20H22N6O. The molecule has 1 N–H and O–H groups in total. The van der Waals surface area contributed by atoms with Gasteiger partial charge in [-0.05, 0) is 31.4 Å². The summed E-state index contributed by atoms with van der Waals surface area (Å²) in [5, 5.41) is 22.0. The number of amides is 1. The number of rotatable bonds is 4. The van der Waals surface area contributed by atoms with E-state index in [4.69, 9.17) is 6.42 Å². The molecule has 3 rings (SSSR count). The third-order valence-corrected chi connectivity index (χ3v) is 5.28. The molecule has 2 aliphatic heterocycles. The number of piperidine rings is 1. The summed E-state index contributed by atoms with van der Waals surface area (Å²) in [5.74, 6) is 3.04. The Hall–Kier alpha value is -3.08. The van der Waals surface area contributed by atoms with Gasteiger partial charge in [0.05, 0.1) is 30.6 Å². The van der Waals surface area contributed by atoms with E-state index < -0.39 is 6.04 Å². The molecule has 2 saturated heterocycles. The summed E-state index contributed by atoms with van der Waals surface area (Å²) in [6.07, 6.45) is 9.25. The first kappa shape index (κ1) is 18.7. The maximum Gasteiger partial charge on any atom is 0.238 e. The molecule has 0 aliphatic carbocycles. The number of anilines is 1. The van der Waals surface area contributed by atoms with Gasteiger partial charge in [-0.1, -0.05) is 12.0 Å². The first-order chi connectivity index (χ1) is 13.2. The van der Waals surface area contributed by atoms with E-state index in [9.17, 15) is 15.3 Å². The van der Waals surface area contributed by atoms with Crippen molar-refractivity contribution in [3.63, 3.8) is 0 Å². The van der Waals surface area contributed by atoms with Crippen molar-refractivity contribution < 1.29 is 4.79 Å². The third kappa shape index (κ3) is 4.03. The van der Waals surface area contributed by atoms with Gasteiger partial charge >= 0.3 is 0 Å². The van der Waals surface area contributed by atoms with E-state index in [1.807, 2.05) is 18.2 Å². The molecule has 0 bridgehead atoms. The molecule has 0 saturated carbocycles. The van der Waals surface area contributed by atoms with E-state index in [0.717, 1.165) is 18.8 Å². The van der Waals surface area contributed by atoms with Crippen LogP contribution in [0.4, 0.5) is 5.82 Å². The van der Waals surface area contributed by atoms with Crippen molar-refractivity contribution in [1.29, 1.82) is 10.5 Å². The van der Waals surface area contributed by atoms with Gasteiger partial charge in [-0.25, -0.2) is 4.98 Å². The molecule has 4 atom stereocenters. The second-order valence-electron chi connectivity index (χ2n) is 6.85. The molecule has 7 heteroatoms. The molecule has 2 unspecified atom stereocenters. The van der Waals surface area contributed by atoms with Crippen LogP contribution in [0.5, 0.6) is 0 Å². The van der Waals surface area contributed by atoms with Gasteiger partial charge in [0, 0.05) is 25.3 Å². The average Bonchev–Trinajstić information content (AvgIpc) is 3.15. The number of carbonyl (C=O) groups is 1. The number of nitrogens with one attached hydrogen (secondary N) is 1. The molecule has 0 spiro atoms.